The summed E-state index contributed by atoms with van der Waals surface area (Å²) in [6, 6.07) is 3.85. The number of nitrogens with one attached hydrogen (secondary N) is 1. The van der Waals surface area contributed by atoms with Gasteiger partial charge in [0, 0.05) is 57.7 Å². The number of anilines is 1. The van der Waals surface area contributed by atoms with Crippen LogP contribution in [0.4, 0.5) is 5.82 Å². The molecule has 27 heavy (non-hydrogen) atoms. The summed E-state index contributed by atoms with van der Waals surface area (Å²) in [4.78, 5) is 18.4. The minimum absolute atomic E-state index is 0.690. The zero-order chi connectivity index (χ0) is 18.6. The zero-order valence-electron chi connectivity index (χ0n) is 16.0. The van der Waals surface area contributed by atoms with Gasteiger partial charge in [0.15, 0.2) is 11.5 Å². The quantitative estimate of drug-likeness (QED) is 0.662. The normalized spacial score (nSPS) is 16.1. The molecule has 0 aliphatic carbocycles. The molecule has 0 radical (unpaired) electrons. The van der Waals surface area contributed by atoms with Crippen molar-refractivity contribution in [3.8, 4) is 11.4 Å². The van der Waals surface area contributed by atoms with E-state index in [1.807, 2.05) is 25.4 Å². The van der Waals surface area contributed by atoms with Gasteiger partial charge in [-0.05, 0) is 32.1 Å². The van der Waals surface area contributed by atoms with E-state index in [4.69, 9.17) is 4.98 Å². The van der Waals surface area contributed by atoms with E-state index in [9.17, 15) is 0 Å². The van der Waals surface area contributed by atoms with Gasteiger partial charge < -0.3 is 15.1 Å². The minimum atomic E-state index is 0.690. The van der Waals surface area contributed by atoms with Crippen molar-refractivity contribution < 1.29 is 0 Å². The van der Waals surface area contributed by atoms with Crippen molar-refractivity contribution in [1.29, 1.82) is 0 Å². The number of aromatic nitrogens is 5. The average molecular weight is 366 g/mol. The van der Waals surface area contributed by atoms with Crippen molar-refractivity contribution in [2.75, 3.05) is 51.6 Å². The second-order valence-corrected chi connectivity index (χ2v) is 7.06. The molecule has 8 heteroatoms. The summed E-state index contributed by atoms with van der Waals surface area (Å²) in [5, 5.41) is 8.80. The summed E-state index contributed by atoms with van der Waals surface area (Å²) in [7, 11) is 4.09. The van der Waals surface area contributed by atoms with Crippen LogP contribution < -0.4 is 5.32 Å². The number of pyridine rings is 1. The lowest BCUT2D eigenvalue weighted by atomic mass is 10.2. The van der Waals surface area contributed by atoms with Crippen LogP contribution in [0.25, 0.3) is 22.4 Å². The van der Waals surface area contributed by atoms with Crippen LogP contribution in [0.5, 0.6) is 0 Å². The third kappa shape index (κ3) is 4.06. The molecular formula is C19H26N8. The lowest BCUT2D eigenvalue weighted by Crippen LogP contribution is -2.44. The topological polar surface area (TPSA) is 75.0 Å². The molecule has 1 aliphatic rings. The second-order valence-electron chi connectivity index (χ2n) is 7.06. The molecule has 1 saturated heterocycles. The molecule has 4 rings (SSSR count). The Hall–Kier alpha value is -2.58. The molecule has 0 bridgehead atoms. The molecule has 0 amide bonds. The van der Waals surface area contributed by atoms with Crippen molar-refractivity contribution in [1.82, 2.24) is 34.5 Å². The summed E-state index contributed by atoms with van der Waals surface area (Å²) in [5.41, 5.74) is 1.78. The van der Waals surface area contributed by atoms with E-state index in [1.165, 1.54) is 0 Å². The van der Waals surface area contributed by atoms with Crippen LogP contribution in [-0.2, 0) is 7.05 Å². The fraction of sp³-hybridized carbons (Fsp3) is 0.474. The Bertz CT molecular complexity index is 883. The summed E-state index contributed by atoms with van der Waals surface area (Å²) in [6.45, 7) is 6.62. The van der Waals surface area contributed by atoms with Gasteiger partial charge in [-0.25, -0.2) is 9.97 Å². The first-order valence-corrected chi connectivity index (χ1v) is 9.45. The number of rotatable bonds is 6. The van der Waals surface area contributed by atoms with E-state index in [0.29, 0.717) is 5.82 Å². The SMILES string of the molecule is CN1CCN(CCCNc2nc(-c3ccncc3)nc3c2cnn3C)CC1. The fourth-order valence-electron chi connectivity index (χ4n) is 3.37. The van der Waals surface area contributed by atoms with Crippen LogP contribution in [-0.4, -0.2) is 80.8 Å². The number of likely N-dealkylation sites (N-methyl/N-ethyl adjacent to an activating group) is 1. The molecule has 0 spiro atoms. The number of nitrogens with zero attached hydrogens (tertiary/aromatic N) is 7. The van der Waals surface area contributed by atoms with Crippen molar-refractivity contribution in [3.63, 3.8) is 0 Å². The van der Waals surface area contributed by atoms with Gasteiger partial charge >= 0.3 is 0 Å². The van der Waals surface area contributed by atoms with E-state index in [1.54, 1.807) is 17.1 Å². The maximum atomic E-state index is 4.76. The van der Waals surface area contributed by atoms with Crippen LogP contribution >= 0.6 is 0 Å². The fourth-order valence-corrected chi connectivity index (χ4v) is 3.37. The van der Waals surface area contributed by atoms with Crippen LogP contribution in [0, 0.1) is 0 Å². The van der Waals surface area contributed by atoms with Gasteiger partial charge in [0.05, 0.1) is 11.6 Å². The van der Waals surface area contributed by atoms with E-state index in [2.05, 4.69) is 37.2 Å². The zero-order valence-corrected chi connectivity index (χ0v) is 16.0. The van der Waals surface area contributed by atoms with Gasteiger partial charge in [0.1, 0.15) is 5.82 Å². The van der Waals surface area contributed by atoms with Crippen molar-refractivity contribution in [3.05, 3.63) is 30.7 Å². The standard InChI is InChI=1S/C19H26N8/c1-25-10-12-27(13-11-25)9-3-6-21-18-16-14-22-26(2)19(16)24-17(23-18)15-4-7-20-8-5-15/h4-5,7-8,14H,3,6,9-13H2,1-2H3,(H,21,23,24). The molecule has 8 nitrogen and oxygen atoms in total. The van der Waals surface area contributed by atoms with E-state index in [0.717, 1.165) is 68.1 Å². The van der Waals surface area contributed by atoms with Crippen LogP contribution in [0.3, 0.4) is 0 Å². The number of fused-ring (bicyclic) bond motifs is 1. The first-order valence-electron chi connectivity index (χ1n) is 9.45. The number of hydrogen-bond acceptors (Lipinski definition) is 7. The Morgan fingerprint density at radius 1 is 1.04 bits per heavy atom. The van der Waals surface area contributed by atoms with Gasteiger partial charge in [-0.1, -0.05) is 0 Å². The Balaban J connectivity index is 1.46. The molecule has 3 aromatic heterocycles. The maximum absolute atomic E-state index is 4.76. The molecule has 142 valence electrons. The maximum Gasteiger partial charge on any atom is 0.164 e. The van der Waals surface area contributed by atoms with E-state index >= 15 is 0 Å². The highest BCUT2D eigenvalue weighted by Gasteiger charge is 2.14. The molecule has 3 aromatic rings. The largest absolute Gasteiger partial charge is 0.369 e. The van der Waals surface area contributed by atoms with Crippen LogP contribution in [0.2, 0.25) is 0 Å². The molecule has 0 saturated carbocycles. The van der Waals surface area contributed by atoms with Crippen molar-refractivity contribution in [2.24, 2.45) is 7.05 Å². The average Bonchev–Trinajstić information content (AvgIpc) is 3.08. The van der Waals surface area contributed by atoms with Crippen LogP contribution in [0.1, 0.15) is 6.42 Å². The number of hydrogen-bond donors (Lipinski definition) is 1. The Kier molecular flexibility index (Phi) is 5.26. The predicted octanol–water partition coefficient (Wildman–Crippen LogP) is 1.47. The molecule has 1 aliphatic heterocycles. The molecule has 4 heterocycles. The lowest BCUT2D eigenvalue weighted by Gasteiger charge is -2.32. The van der Waals surface area contributed by atoms with Gasteiger partial charge in [0.2, 0.25) is 0 Å². The van der Waals surface area contributed by atoms with Crippen molar-refractivity contribution >= 4 is 16.9 Å². The van der Waals surface area contributed by atoms with E-state index in [-0.39, 0.29) is 0 Å². The van der Waals surface area contributed by atoms with Gasteiger partial charge in [0.25, 0.3) is 0 Å². The van der Waals surface area contributed by atoms with Crippen LogP contribution in [0.15, 0.2) is 30.7 Å². The highest BCUT2D eigenvalue weighted by molar-refractivity contribution is 5.88. The molecule has 1 N–H and O–H groups in total. The molecule has 0 atom stereocenters. The Morgan fingerprint density at radius 3 is 2.59 bits per heavy atom. The van der Waals surface area contributed by atoms with Gasteiger partial charge in [-0.3, -0.25) is 9.67 Å². The monoisotopic (exact) mass is 366 g/mol. The highest BCUT2D eigenvalue weighted by Crippen LogP contribution is 2.24. The van der Waals surface area contributed by atoms with E-state index < -0.39 is 0 Å². The first-order chi connectivity index (χ1) is 13.2. The Morgan fingerprint density at radius 2 is 1.81 bits per heavy atom. The molecule has 1 fully saturated rings. The predicted molar refractivity (Wildman–Crippen MR) is 107 cm³/mol. The summed E-state index contributed by atoms with van der Waals surface area (Å²) in [6.07, 6.45) is 6.43. The first kappa shape index (κ1) is 17.8. The molecule has 0 unspecified atom stereocenters. The van der Waals surface area contributed by atoms with Crippen molar-refractivity contribution in [2.45, 2.75) is 6.42 Å². The number of aryl methyl sites for hydroxylation is 1. The molecule has 0 aromatic carbocycles. The summed E-state index contributed by atoms with van der Waals surface area (Å²) < 4.78 is 1.79. The lowest BCUT2D eigenvalue weighted by molar-refractivity contribution is 0.154. The third-order valence-corrected chi connectivity index (χ3v) is 5.07. The smallest absolute Gasteiger partial charge is 0.164 e. The summed E-state index contributed by atoms with van der Waals surface area (Å²) >= 11 is 0. The highest BCUT2D eigenvalue weighted by atomic mass is 15.3. The van der Waals surface area contributed by atoms with Gasteiger partial charge in [-0.15, -0.1) is 0 Å². The third-order valence-electron chi connectivity index (χ3n) is 5.07. The number of piperazine rings is 1. The van der Waals surface area contributed by atoms with Gasteiger partial charge in [-0.2, -0.15) is 5.10 Å². The second kappa shape index (κ2) is 7.98. The summed E-state index contributed by atoms with van der Waals surface area (Å²) in [5.74, 6) is 1.54. The minimum Gasteiger partial charge on any atom is -0.369 e. The molecular weight excluding hydrogens is 340 g/mol. The Labute approximate surface area is 159 Å².